The maximum absolute atomic E-state index is 12.9. The molecule has 1 aliphatic rings. The molecule has 0 atom stereocenters. The van der Waals surface area contributed by atoms with Crippen LogP contribution in [-0.4, -0.2) is 29.4 Å². The van der Waals surface area contributed by atoms with Gasteiger partial charge in [-0.25, -0.2) is 14.2 Å². The third-order valence-corrected chi connectivity index (χ3v) is 2.70. The molecule has 20 heavy (non-hydrogen) atoms. The number of rotatable bonds is 3. The minimum Gasteiger partial charge on any atom is -0.275 e. The number of benzene rings is 1. The Morgan fingerprint density at radius 3 is 2.80 bits per heavy atom. The molecule has 6 nitrogen and oxygen atoms in total. The van der Waals surface area contributed by atoms with E-state index in [0.29, 0.717) is 5.56 Å². The molecule has 4 amide bonds. The fraction of sp³-hybridized carbons (Fsp3) is 0.0833. The van der Waals surface area contributed by atoms with Crippen molar-refractivity contribution in [2.75, 3.05) is 6.54 Å². The highest BCUT2D eigenvalue weighted by atomic mass is 35.5. The van der Waals surface area contributed by atoms with Gasteiger partial charge in [0.15, 0.2) is 0 Å². The number of halogens is 2. The number of hydrazine groups is 1. The Bertz CT molecular complexity index is 618. The van der Waals surface area contributed by atoms with E-state index in [2.05, 4.69) is 5.43 Å². The third-order valence-electron chi connectivity index (χ3n) is 2.41. The summed E-state index contributed by atoms with van der Waals surface area (Å²) in [6, 6.07) is 3.28. The molecule has 0 bridgehead atoms. The summed E-state index contributed by atoms with van der Waals surface area (Å²) in [5, 5.41) is 2.81. The van der Waals surface area contributed by atoms with E-state index < -0.39 is 23.7 Å². The first kappa shape index (κ1) is 14.0. The van der Waals surface area contributed by atoms with Gasteiger partial charge in [0.05, 0.1) is 5.02 Å². The smallest absolute Gasteiger partial charge is 0.275 e. The zero-order valence-electron chi connectivity index (χ0n) is 10.0. The molecule has 0 aromatic heterocycles. The van der Waals surface area contributed by atoms with E-state index >= 15 is 0 Å². The predicted octanol–water partition coefficient (Wildman–Crippen LogP) is 1.08. The average molecular weight is 298 g/mol. The van der Waals surface area contributed by atoms with Crippen LogP contribution < -0.4 is 10.7 Å². The van der Waals surface area contributed by atoms with Crippen LogP contribution in [0.5, 0.6) is 0 Å². The molecular formula is C12H9ClFN3O3. The molecule has 2 N–H and O–H groups in total. The van der Waals surface area contributed by atoms with Gasteiger partial charge in [-0.15, -0.1) is 0 Å². The molecule has 1 aliphatic heterocycles. The fourth-order valence-electron chi connectivity index (χ4n) is 1.49. The summed E-state index contributed by atoms with van der Waals surface area (Å²) in [5.41, 5.74) is 2.74. The van der Waals surface area contributed by atoms with Crippen molar-refractivity contribution in [1.29, 1.82) is 0 Å². The van der Waals surface area contributed by atoms with Crippen LogP contribution in [0.3, 0.4) is 0 Å². The Hall–Kier alpha value is -2.41. The lowest BCUT2D eigenvalue weighted by Gasteiger charge is -2.12. The SMILES string of the molecule is O=C(/C=C/c1ccc(F)c(Cl)c1)NN1CC(=O)NC1=O. The number of nitrogens with one attached hydrogen (secondary N) is 2. The molecule has 0 saturated carbocycles. The number of hydrogen-bond acceptors (Lipinski definition) is 3. The Kier molecular flexibility index (Phi) is 3.99. The van der Waals surface area contributed by atoms with E-state index in [1.165, 1.54) is 24.3 Å². The van der Waals surface area contributed by atoms with Gasteiger partial charge in [0.2, 0.25) is 5.91 Å². The molecule has 1 saturated heterocycles. The molecular weight excluding hydrogens is 289 g/mol. The first-order valence-electron chi connectivity index (χ1n) is 5.51. The summed E-state index contributed by atoms with van der Waals surface area (Å²) in [5.74, 6) is -1.65. The van der Waals surface area contributed by atoms with E-state index in [-0.39, 0.29) is 11.6 Å². The van der Waals surface area contributed by atoms with Crippen molar-refractivity contribution in [2.24, 2.45) is 0 Å². The van der Waals surface area contributed by atoms with Crippen molar-refractivity contribution in [3.63, 3.8) is 0 Å². The Balaban J connectivity index is 1.97. The Morgan fingerprint density at radius 2 is 2.20 bits per heavy atom. The van der Waals surface area contributed by atoms with Gasteiger partial charge < -0.3 is 0 Å². The van der Waals surface area contributed by atoms with Crippen molar-refractivity contribution in [3.8, 4) is 0 Å². The van der Waals surface area contributed by atoms with E-state index in [4.69, 9.17) is 11.6 Å². The molecule has 104 valence electrons. The van der Waals surface area contributed by atoms with Gasteiger partial charge in [-0.3, -0.25) is 20.3 Å². The standard InChI is InChI=1S/C12H9ClFN3O3/c13-8-5-7(1-3-9(8)14)2-4-10(18)16-17-6-11(19)15-12(17)20/h1-5H,6H2,(H,16,18)(H,15,19,20)/b4-2+. The van der Waals surface area contributed by atoms with E-state index in [0.717, 1.165) is 11.1 Å². The molecule has 8 heteroatoms. The van der Waals surface area contributed by atoms with Crippen LogP contribution in [0, 0.1) is 5.82 Å². The molecule has 1 aromatic carbocycles. The normalized spacial score (nSPS) is 14.8. The van der Waals surface area contributed by atoms with E-state index in [1.807, 2.05) is 5.32 Å². The summed E-state index contributed by atoms with van der Waals surface area (Å²) in [7, 11) is 0. The van der Waals surface area contributed by atoms with E-state index in [1.54, 1.807) is 0 Å². The molecule has 1 fully saturated rings. The summed E-state index contributed by atoms with van der Waals surface area (Å²) in [6.45, 7) is -0.235. The van der Waals surface area contributed by atoms with Gasteiger partial charge in [0.25, 0.3) is 5.91 Å². The van der Waals surface area contributed by atoms with Crippen LogP contribution in [0.2, 0.25) is 5.02 Å². The van der Waals surface area contributed by atoms with Crippen LogP contribution in [0.4, 0.5) is 9.18 Å². The lowest BCUT2D eigenvalue weighted by atomic mass is 10.2. The van der Waals surface area contributed by atoms with Gasteiger partial charge in [-0.05, 0) is 23.8 Å². The molecule has 2 rings (SSSR count). The second kappa shape index (κ2) is 5.70. The highest BCUT2D eigenvalue weighted by molar-refractivity contribution is 6.30. The predicted molar refractivity (Wildman–Crippen MR) is 68.8 cm³/mol. The summed E-state index contributed by atoms with van der Waals surface area (Å²) >= 11 is 5.59. The van der Waals surface area contributed by atoms with Gasteiger partial charge in [0, 0.05) is 6.08 Å². The number of hydrogen-bond donors (Lipinski definition) is 2. The van der Waals surface area contributed by atoms with Gasteiger partial charge in [-0.2, -0.15) is 0 Å². The van der Waals surface area contributed by atoms with Crippen molar-refractivity contribution < 1.29 is 18.8 Å². The molecule has 1 heterocycles. The van der Waals surface area contributed by atoms with Crippen molar-refractivity contribution in [2.45, 2.75) is 0 Å². The van der Waals surface area contributed by atoms with Gasteiger partial charge in [-0.1, -0.05) is 17.7 Å². The minimum absolute atomic E-state index is 0.0583. The number of amides is 4. The van der Waals surface area contributed by atoms with Crippen LogP contribution in [0.25, 0.3) is 6.08 Å². The van der Waals surface area contributed by atoms with Crippen LogP contribution in [0.1, 0.15) is 5.56 Å². The van der Waals surface area contributed by atoms with Crippen LogP contribution in [-0.2, 0) is 9.59 Å². The zero-order chi connectivity index (χ0) is 14.7. The quantitative estimate of drug-likeness (QED) is 0.647. The fourth-order valence-corrected chi connectivity index (χ4v) is 1.68. The Labute approximate surface area is 118 Å². The maximum Gasteiger partial charge on any atom is 0.343 e. The number of nitrogens with zero attached hydrogens (tertiary/aromatic N) is 1. The monoisotopic (exact) mass is 297 g/mol. The summed E-state index contributed by atoms with van der Waals surface area (Å²) in [4.78, 5) is 33.6. The third kappa shape index (κ3) is 3.33. The maximum atomic E-state index is 12.9. The first-order valence-corrected chi connectivity index (χ1v) is 5.88. The van der Waals surface area contributed by atoms with Crippen LogP contribution in [0.15, 0.2) is 24.3 Å². The minimum atomic E-state index is -0.693. The van der Waals surface area contributed by atoms with Crippen molar-refractivity contribution in [3.05, 3.63) is 40.7 Å². The van der Waals surface area contributed by atoms with Crippen molar-refractivity contribution in [1.82, 2.24) is 15.8 Å². The van der Waals surface area contributed by atoms with Gasteiger partial charge >= 0.3 is 6.03 Å². The molecule has 0 unspecified atom stereocenters. The second-order valence-corrected chi connectivity index (χ2v) is 4.33. The highest BCUT2D eigenvalue weighted by Gasteiger charge is 2.27. The van der Waals surface area contributed by atoms with Crippen molar-refractivity contribution >= 4 is 35.5 Å². The number of carbonyl (C=O) groups excluding carboxylic acids is 3. The molecule has 0 aliphatic carbocycles. The Morgan fingerprint density at radius 1 is 1.45 bits per heavy atom. The molecule has 0 spiro atoms. The second-order valence-electron chi connectivity index (χ2n) is 3.92. The van der Waals surface area contributed by atoms with E-state index in [9.17, 15) is 18.8 Å². The lowest BCUT2D eigenvalue weighted by molar-refractivity contribution is -0.121. The first-order chi connectivity index (χ1) is 9.45. The zero-order valence-corrected chi connectivity index (χ0v) is 10.8. The highest BCUT2D eigenvalue weighted by Crippen LogP contribution is 2.16. The molecule has 1 aromatic rings. The molecule has 0 radical (unpaired) electrons. The topological polar surface area (TPSA) is 78.5 Å². The average Bonchev–Trinajstić information content (AvgIpc) is 2.69. The largest absolute Gasteiger partial charge is 0.343 e. The number of carbonyl (C=O) groups is 3. The number of imide groups is 1. The van der Waals surface area contributed by atoms with Crippen LogP contribution >= 0.6 is 11.6 Å². The number of urea groups is 1. The summed E-state index contributed by atoms with van der Waals surface area (Å²) in [6.07, 6.45) is 2.54. The summed E-state index contributed by atoms with van der Waals surface area (Å²) < 4.78 is 12.9. The van der Waals surface area contributed by atoms with Gasteiger partial charge in [0.1, 0.15) is 12.4 Å². The lowest BCUT2D eigenvalue weighted by Crippen LogP contribution is -2.43.